The van der Waals surface area contributed by atoms with Crippen LogP contribution < -0.4 is 0 Å². The molecule has 1 atom stereocenters. The molecule has 0 unspecified atom stereocenters. The van der Waals surface area contributed by atoms with Gasteiger partial charge in [0.25, 0.3) is 0 Å². The predicted molar refractivity (Wildman–Crippen MR) is 32.4 cm³/mol. The van der Waals surface area contributed by atoms with Crippen molar-refractivity contribution in [1.29, 1.82) is 0 Å². The van der Waals surface area contributed by atoms with Gasteiger partial charge in [-0.2, -0.15) is 12.2 Å². The average molecular weight is 108 g/mol. The summed E-state index contributed by atoms with van der Waals surface area (Å²) in [5.41, 5.74) is 0. The summed E-state index contributed by atoms with van der Waals surface area (Å²) < 4.78 is 0. The molecule has 0 bridgehead atoms. The summed E-state index contributed by atoms with van der Waals surface area (Å²) in [6, 6.07) is 0. The smallest absolute Gasteiger partial charge is 0.0267 e. The molecule has 0 aromatic carbocycles. The Morgan fingerprint density at radius 2 is 2.00 bits per heavy atom. The summed E-state index contributed by atoms with van der Waals surface area (Å²) in [4.78, 5) is 0. The predicted octanol–water partition coefficient (Wildman–Crippen LogP) is 1.96. The minimum Gasteiger partial charge on any atom is -0.152 e. The van der Waals surface area contributed by atoms with Crippen molar-refractivity contribution in [2.24, 2.45) is 0 Å². The van der Waals surface area contributed by atoms with Crippen LogP contribution in [0.4, 0.5) is 0 Å². The summed E-state index contributed by atoms with van der Waals surface area (Å²) in [5, 5.41) is 0. The number of rotatable bonds is 1. The molecule has 2 heteroatoms. The Morgan fingerprint density at radius 3 is 2.00 bits per heavy atom. The summed E-state index contributed by atoms with van der Waals surface area (Å²) in [5.74, 6) is 0. The highest BCUT2D eigenvalue weighted by Crippen LogP contribution is 2.33. The zero-order valence-electron chi connectivity index (χ0n) is 3.60. The number of hydrogen-bond acceptors (Lipinski definition) is 1. The Balaban J connectivity index is 2.54. The monoisotopic (exact) mass is 108 g/mol. The molecular weight excluding hydrogens is 99.1 g/mol. The lowest BCUT2D eigenvalue weighted by molar-refractivity contribution is 1.52. The molecule has 5 heavy (non-hydrogen) atoms. The fourth-order valence-corrected chi connectivity index (χ4v) is 0. The standard InChI is InChI=1S/C3H9PS/c1-3-4(2)5/h5H,3H2,1-2H3/t4-/m0/s1. The van der Waals surface area contributed by atoms with Crippen molar-refractivity contribution in [1.82, 2.24) is 0 Å². The topological polar surface area (TPSA) is 0 Å². The Hall–Kier alpha value is 0.780. The summed E-state index contributed by atoms with van der Waals surface area (Å²) in [7, 11) is 0.0962. The molecule has 0 aliphatic rings. The minimum atomic E-state index is 0.0962. The van der Waals surface area contributed by atoms with Crippen molar-refractivity contribution >= 4 is 19.4 Å². The van der Waals surface area contributed by atoms with E-state index in [4.69, 9.17) is 0 Å². The van der Waals surface area contributed by atoms with Crippen LogP contribution in [-0.2, 0) is 0 Å². The van der Waals surface area contributed by atoms with Crippen molar-refractivity contribution in [3.05, 3.63) is 0 Å². The first kappa shape index (κ1) is 5.78. The number of hydrogen-bond donors (Lipinski definition) is 1. The van der Waals surface area contributed by atoms with E-state index in [1.165, 1.54) is 6.16 Å². The maximum absolute atomic E-state index is 4.16. The maximum Gasteiger partial charge on any atom is -0.0267 e. The first-order chi connectivity index (χ1) is 2.27. The van der Waals surface area contributed by atoms with E-state index < -0.39 is 0 Å². The molecule has 32 valence electrons. The maximum atomic E-state index is 4.16. The Labute approximate surface area is 39.9 Å². The van der Waals surface area contributed by atoms with Crippen LogP contribution in [0, 0.1) is 0 Å². The van der Waals surface area contributed by atoms with Gasteiger partial charge < -0.3 is 0 Å². The quantitative estimate of drug-likeness (QED) is 0.385. The van der Waals surface area contributed by atoms with Crippen LogP contribution in [0.1, 0.15) is 6.92 Å². The molecule has 0 amide bonds. The largest absolute Gasteiger partial charge is 0.152 e. The van der Waals surface area contributed by atoms with Crippen molar-refractivity contribution in [3.8, 4) is 0 Å². The van der Waals surface area contributed by atoms with E-state index in [1.54, 1.807) is 0 Å². The lowest BCUT2D eigenvalue weighted by Crippen LogP contribution is -1.58. The van der Waals surface area contributed by atoms with Crippen LogP contribution in [0.3, 0.4) is 0 Å². The van der Waals surface area contributed by atoms with E-state index in [0.29, 0.717) is 0 Å². The number of thiol groups is 1. The second kappa shape index (κ2) is 2.99. The first-order valence-corrected chi connectivity index (χ1v) is 4.80. The third-order valence-electron chi connectivity index (χ3n) is 0.458. The molecular formula is C3H9PS. The van der Waals surface area contributed by atoms with Gasteiger partial charge in [0.1, 0.15) is 0 Å². The van der Waals surface area contributed by atoms with Gasteiger partial charge in [0.15, 0.2) is 0 Å². The zero-order valence-corrected chi connectivity index (χ0v) is 5.39. The highest BCUT2D eigenvalue weighted by atomic mass is 32.7. The SMILES string of the molecule is CC[P@](C)S. The molecule has 0 saturated heterocycles. The van der Waals surface area contributed by atoms with Gasteiger partial charge in [0, 0.05) is 0 Å². The minimum absolute atomic E-state index is 0.0962. The second-order valence-corrected chi connectivity index (χ2v) is 4.97. The van der Waals surface area contributed by atoms with E-state index in [2.05, 4.69) is 25.8 Å². The highest BCUT2D eigenvalue weighted by molar-refractivity contribution is 8.45. The van der Waals surface area contributed by atoms with Crippen LogP contribution in [0.25, 0.3) is 0 Å². The van der Waals surface area contributed by atoms with Crippen molar-refractivity contribution in [2.45, 2.75) is 6.92 Å². The van der Waals surface area contributed by atoms with Crippen LogP contribution in [-0.4, -0.2) is 12.8 Å². The fourth-order valence-electron chi connectivity index (χ4n) is 0. The zero-order chi connectivity index (χ0) is 4.28. The third kappa shape index (κ3) is 4.78. The Morgan fingerprint density at radius 1 is 1.80 bits per heavy atom. The van der Waals surface area contributed by atoms with Gasteiger partial charge in [0.2, 0.25) is 0 Å². The molecule has 0 aliphatic heterocycles. The fraction of sp³-hybridized carbons (Fsp3) is 1.00. The molecule has 0 heterocycles. The summed E-state index contributed by atoms with van der Waals surface area (Å²) in [6.07, 6.45) is 1.23. The average Bonchev–Trinajstić information content (AvgIpc) is 1.38. The van der Waals surface area contributed by atoms with Gasteiger partial charge in [-0.05, 0) is 12.8 Å². The third-order valence-corrected chi connectivity index (χ3v) is 2.22. The summed E-state index contributed by atoms with van der Waals surface area (Å²) >= 11 is 4.16. The molecule has 0 N–H and O–H groups in total. The van der Waals surface area contributed by atoms with Crippen LogP contribution in [0.2, 0.25) is 0 Å². The van der Waals surface area contributed by atoms with Gasteiger partial charge in [0.05, 0.1) is 0 Å². The highest BCUT2D eigenvalue weighted by Gasteiger charge is 1.79. The molecule has 0 spiro atoms. The molecule has 0 aromatic heterocycles. The molecule has 0 aromatic rings. The van der Waals surface area contributed by atoms with Gasteiger partial charge in [-0.3, -0.25) is 0 Å². The van der Waals surface area contributed by atoms with E-state index in [9.17, 15) is 0 Å². The van der Waals surface area contributed by atoms with Crippen LogP contribution in [0.5, 0.6) is 0 Å². The lowest BCUT2D eigenvalue weighted by atomic mass is 11.0. The van der Waals surface area contributed by atoms with Crippen molar-refractivity contribution in [2.75, 3.05) is 12.8 Å². The molecule has 0 aliphatic carbocycles. The second-order valence-electron chi connectivity index (χ2n) is 0.974. The Kier molecular flexibility index (Phi) is 3.46. The molecule has 0 fully saturated rings. The normalized spacial score (nSPS) is 15.0. The van der Waals surface area contributed by atoms with Crippen LogP contribution >= 0.6 is 19.4 Å². The molecule has 0 rings (SSSR count). The van der Waals surface area contributed by atoms with Crippen molar-refractivity contribution in [3.63, 3.8) is 0 Å². The van der Waals surface area contributed by atoms with E-state index in [-0.39, 0.29) is 7.12 Å². The molecule has 0 radical (unpaired) electrons. The molecule has 0 nitrogen and oxygen atoms in total. The van der Waals surface area contributed by atoms with Crippen molar-refractivity contribution < 1.29 is 0 Å². The van der Waals surface area contributed by atoms with Gasteiger partial charge in [-0.15, -0.1) is 0 Å². The first-order valence-electron chi connectivity index (χ1n) is 1.67. The van der Waals surface area contributed by atoms with Gasteiger partial charge in [-0.25, -0.2) is 0 Å². The van der Waals surface area contributed by atoms with Gasteiger partial charge in [-0.1, -0.05) is 14.0 Å². The van der Waals surface area contributed by atoms with Gasteiger partial charge >= 0.3 is 0 Å². The summed E-state index contributed by atoms with van der Waals surface area (Å²) in [6.45, 7) is 4.30. The van der Waals surface area contributed by atoms with E-state index >= 15 is 0 Å². The lowest BCUT2D eigenvalue weighted by Gasteiger charge is -1.91. The Bertz CT molecular complexity index is 20.9. The molecule has 0 saturated carbocycles. The van der Waals surface area contributed by atoms with E-state index in [1.807, 2.05) is 0 Å². The van der Waals surface area contributed by atoms with E-state index in [0.717, 1.165) is 0 Å². The van der Waals surface area contributed by atoms with Crippen LogP contribution in [0.15, 0.2) is 0 Å².